The third-order valence-electron chi connectivity index (χ3n) is 3.70. The van der Waals surface area contributed by atoms with Gasteiger partial charge in [0.15, 0.2) is 5.69 Å². The Morgan fingerprint density at radius 2 is 2.16 bits per heavy atom. The van der Waals surface area contributed by atoms with Crippen molar-refractivity contribution in [3.05, 3.63) is 52.3 Å². The zero-order valence-electron chi connectivity index (χ0n) is 14.5. The van der Waals surface area contributed by atoms with Gasteiger partial charge < -0.3 is 10.4 Å². The lowest BCUT2D eigenvalue weighted by molar-refractivity contribution is -0.384. The van der Waals surface area contributed by atoms with Crippen LogP contribution in [0.4, 0.5) is 5.69 Å². The van der Waals surface area contributed by atoms with Gasteiger partial charge in [0.1, 0.15) is 0 Å². The number of hydrogen-bond donors (Lipinski definition) is 2. The summed E-state index contributed by atoms with van der Waals surface area (Å²) in [5.74, 6) is -0.331. The number of rotatable bonds is 7. The Kier molecular flexibility index (Phi) is 5.53. The lowest BCUT2D eigenvalue weighted by Gasteiger charge is -2.26. The lowest BCUT2D eigenvalue weighted by Crippen LogP contribution is -2.35. The Balaban J connectivity index is 2.07. The molecule has 1 unspecified atom stereocenters. The maximum Gasteiger partial charge on any atom is 0.271 e. The molecular formula is C17H22N4O4. The summed E-state index contributed by atoms with van der Waals surface area (Å²) in [6, 6.07) is 7.57. The maximum atomic E-state index is 12.2. The second-order valence-corrected chi connectivity index (χ2v) is 6.82. The van der Waals surface area contributed by atoms with E-state index in [4.69, 9.17) is 0 Å². The van der Waals surface area contributed by atoms with Crippen molar-refractivity contribution in [2.45, 2.75) is 33.3 Å². The van der Waals surface area contributed by atoms with Crippen molar-refractivity contribution >= 4 is 11.6 Å². The molecule has 25 heavy (non-hydrogen) atoms. The first-order chi connectivity index (χ1) is 11.7. The molecule has 0 aliphatic rings. The molecule has 0 aliphatic carbocycles. The van der Waals surface area contributed by atoms with Crippen LogP contribution in [0.1, 0.15) is 37.7 Å². The van der Waals surface area contributed by atoms with Gasteiger partial charge in [0, 0.05) is 24.9 Å². The summed E-state index contributed by atoms with van der Waals surface area (Å²) in [6.07, 6.45) is 1.70. The number of amides is 1. The number of nitrogens with zero attached hydrogens (tertiary/aromatic N) is 3. The van der Waals surface area contributed by atoms with E-state index in [0.717, 1.165) is 0 Å². The van der Waals surface area contributed by atoms with Gasteiger partial charge >= 0.3 is 0 Å². The SMILES string of the molecule is CC(O)CC(C)(C)CNC(=O)c1ccn(-c2cccc([N+](=O)[O-])c2)n1. The van der Waals surface area contributed by atoms with Crippen molar-refractivity contribution in [1.29, 1.82) is 0 Å². The molecule has 0 aliphatic heterocycles. The molecule has 1 atom stereocenters. The third kappa shape index (κ3) is 5.12. The highest BCUT2D eigenvalue weighted by atomic mass is 16.6. The molecule has 1 aromatic heterocycles. The van der Waals surface area contributed by atoms with Crippen LogP contribution in [-0.4, -0.2) is 38.4 Å². The lowest BCUT2D eigenvalue weighted by atomic mass is 9.87. The first-order valence-electron chi connectivity index (χ1n) is 7.95. The van der Waals surface area contributed by atoms with Crippen LogP contribution in [0.5, 0.6) is 0 Å². The standard InChI is InChI=1S/C17H22N4O4/c1-12(22)10-17(2,3)11-18-16(23)15-7-8-20(19-15)13-5-4-6-14(9-13)21(24)25/h4-9,12,22H,10-11H2,1-3H3,(H,18,23). The molecule has 8 nitrogen and oxygen atoms in total. The predicted molar refractivity (Wildman–Crippen MR) is 92.6 cm³/mol. The van der Waals surface area contributed by atoms with Gasteiger partial charge in [0.2, 0.25) is 0 Å². The van der Waals surface area contributed by atoms with Gasteiger partial charge in [-0.15, -0.1) is 0 Å². The summed E-state index contributed by atoms with van der Waals surface area (Å²) in [5.41, 5.74) is 0.438. The molecule has 2 rings (SSSR count). The molecule has 2 N–H and O–H groups in total. The minimum atomic E-state index is -0.481. The normalized spacial score (nSPS) is 12.6. The Morgan fingerprint density at radius 3 is 2.80 bits per heavy atom. The van der Waals surface area contributed by atoms with Crippen molar-refractivity contribution < 1.29 is 14.8 Å². The van der Waals surface area contributed by atoms with Crippen LogP contribution in [0.25, 0.3) is 5.69 Å². The molecule has 0 saturated heterocycles. The smallest absolute Gasteiger partial charge is 0.271 e. The van der Waals surface area contributed by atoms with Crippen LogP contribution < -0.4 is 5.32 Å². The number of carbonyl (C=O) groups is 1. The van der Waals surface area contributed by atoms with Gasteiger partial charge in [-0.1, -0.05) is 19.9 Å². The van der Waals surface area contributed by atoms with E-state index in [1.165, 1.54) is 16.8 Å². The summed E-state index contributed by atoms with van der Waals surface area (Å²) in [6.45, 7) is 6.04. The third-order valence-corrected chi connectivity index (χ3v) is 3.70. The first kappa shape index (κ1) is 18.6. The zero-order valence-corrected chi connectivity index (χ0v) is 14.5. The Morgan fingerprint density at radius 1 is 1.44 bits per heavy atom. The van der Waals surface area contributed by atoms with E-state index in [0.29, 0.717) is 18.7 Å². The fourth-order valence-electron chi connectivity index (χ4n) is 2.62. The molecule has 1 aromatic carbocycles. The number of non-ortho nitro benzene ring substituents is 1. The van der Waals surface area contributed by atoms with Gasteiger partial charge in [-0.25, -0.2) is 4.68 Å². The minimum Gasteiger partial charge on any atom is -0.393 e. The van der Waals surface area contributed by atoms with E-state index in [2.05, 4.69) is 10.4 Å². The van der Waals surface area contributed by atoms with Gasteiger partial charge in [0.25, 0.3) is 11.6 Å². The second-order valence-electron chi connectivity index (χ2n) is 6.82. The average Bonchev–Trinajstić information content (AvgIpc) is 3.01. The van der Waals surface area contributed by atoms with Crippen molar-refractivity contribution in [2.75, 3.05) is 6.54 Å². The number of carbonyl (C=O) groups excluding carboxylic acids is 1. The van der Waals surface area contributed by atoms with Crippen LogP contribution in [-0.2, 0) is 0 Å². The molecule has 134 valence electrons. The Bertz CT molecular complexity index is 768. The number of aliphatic hydroxyl groups is 1. The maximum absolute atomic E-state index is 12.2. The fraction of sp³-hybridized carbons (Fsp3) is 0.412. The number of benzene rings is 1. The van der Waals surface area contributed by atoms with E-state index in [1.807, 2.05) is 13.8 Å². The quantitative estimate of drug-likeness (QED) is 0.590. The van der Waals surface area contributed by atoms with Crippen LogP contribution in [0.3, 0.4) is 0 Å². The van der Waals surface area contributed by atoms with Crippen molar-refractivity contribution in [1.82, 2.24) is 15.1 Å². The van der Waals surface area contributed by atoms with E-state index in [9.17, 15) is 20.0 Å². The highest BCUT2D eigenvalue weighted by Gasteiger charge is 2.22. The van der Waals surface area contributed by atoms with Gasteiger partial charge in [-0.2, -0.15) is 5.10 Å². The molecule has 1 amide bonds. The van der Waals surface area contributed by atoms with E-state index < -0.39 is 11.0 Å². The summed E-state index contributed by atoms with van der Waals surface area (Å²) in [5, 5.41) is 27.3. The number of aromatic nitrogens is 2. The zero-order chi connectivity index (χ0) is 18.6. The number of nitro benzene ring substituents is 1. The van der Waals surface area contributed by atoms with Gasteiger partial charge in [-0.05, 0) is 30.9 Å². The molecular weight excluding hydrogens is 324 g/mol. The summed E-state index contributed by atoms with van der Waals surface area (Å²) >= 11 is 0. The molecule has 0 bridgehead atoms. The highest BCUT2D eigenvalue weighted by molar-refractivity contribution is 5.92. The molecule has 8 heteroatoms. The van der Waals surface area contributed by atoms with E-state index >= 15 is 0 Å². The molecule has 0 spiro atoms. The number of nitro groups is 1. The van der Waals surface area contributed by atoms with Crippen molar-refractivity contribution in [3.8, 4) is 5.69 Å². The predicted octanol–water partition coefficient (Wildman–Crippen LogP) is 2.31. The Labute approximate surface area is 145 Å². The molecule has 1 heterocycles. The van der Waals surface area contributed by atoms with E-state index in [1.54, 1.807) is 31.3 Å². The van der Waals surface area contributed by atoms with Crippen LogP contribution >= 0.6 is 0 Å². The minimum absolute atomic E-state index is 0.0427. The number of aliphatic hydroxyl groups excluding tert-OH is 1. The monoisotopic (exact) mass is 346 g/mol. The van der Waals surface area contributed by atoms with E-state index in [-0.39, 0.29) is 22.7 Å². The van der Waals surface area contributed by atoms with Crippen LogP contribution in [0.2, 0.25) is 0 Å². The largest absolute Gasteiger partial charge is 0.393 e. The summed E-state index contributed by atoms with van der Waals surface area (Å²) in [7, 11) is 0. The topological polar surface area (TPSA) is 110 Å². The Hall–Kier alpha value is -2.74. The molecule has 2 aromatic rings. The van der Waals surface area contributed by atoms with Crippen LogP contribution in [0, 0.1) is 15.5 Å². The molecule has 0 saturated carbocycles. The fourth-order valence-corrected chi connectivity index (χ4v) is 2.62. The number of hydrogen-bond acceptors (Lipinski definition) is 5. The van der Waals surface area contributed by atoms with Crippen molar-refractivity contribution in [3.63, 3.8) is 0 Å². The average molecular weight is 346 g/mol. The number of nitrogens with one attached hydrogen (secondary N) is 1. The summed E-state index contributed by atoms with van der Waals surface area (Å²) in [4.78, 5) is 22.6. The van der Waals surface area contributed by atoms with Gasteiger partial charge in [0.05, 0.1) is 16.7 Å². The first-order valence-corrected chi connectivity index (χ1v) is 7.95. The second kappa shape index (κ2) is 7.43. The molecule has 0 fully saturated rings. The van der Waals surface area contributed by atoms with Crippen LogP contribution in [0.15, 0.2) is 36.5 Å². The van der Waals surface area contributed by atoms with Crippen molar-refractivity contribution in [2.24, 2.45) is 5.41 Å². The highest BCUT2D eigenvalue weighted by Crippen LogP contribution is 2.21. The van der Waals surface area contributed by atoms with Gasteiger partial charge in [-0.3, -0.25) is 14.9 Å². The summed E-state index contributed by atoms with van der Waals surface area (Å²) < 4.78 is 1.42. The molecule has 0 radical (unpaired) electrons.